The third-order valence-electron chi connectivity index (χ3n) is 3.54. The third-order valence-corrected chi connectivity index (χ3v) is 3.54. The van der Waals surface area contributed by atoms with Gasteiger partial charge in [0.15, 0.2) is 0 Å². The van der Waals surface area contributed by atoms with Gasteiger partial charge in [0.25, 0.3) is 5.91 Å². The number of hydrogen-bond acceptors (Lipinski definition) is 4. The van der Waals surface area contributed by atoms with Gasteiger partial charge in [-0.15, -0.1) is 0 Å². The molecule has 0 unspecified atom stereocenters. The monoisotopic (exact) mass is 352 g/mol. The van der Waals surface area contributed by atoms with E-state index in [4.69, 9.17) is 4.74 Å². The second kappa shape index (κ2) is 8.06. The average Bonchev–Trinajstić information content (AvgIpc) is 3.14. The predicted octanol–water partition coefficient (Wildman–Crippen LogP) is 3.38. The van der Waals surface area contributed by atoms with Gasteiger partial charge in [0, 0.05) is 5.56 Å². The van der Waals surface area contributed by atoms with Crippen LogP contribution >= 0.6 is 0 Å². The topological polar surface area (TPSA) is 79.4 Å². The van der Waals surface area contributed by atoms with E-state index in [1.807, 2.05) is 31.2 Å². The fraction of sp³-hybridized carbons (Fsp3) is 0.105. The van der Waals surface area contributed by atoms with Crippen LogP contribution in [-0.2, 0) is 0 Å². The second-order valence-electron chi connectivity index (χ2n) is 5.35. The van der Waals surface area contributed by atoms with Gasteiger partial charge in [0.2, 0.25) is 0 Å². The van der Waals surface area contributed by atoms with E-state index in [-0.39, 0.29) is 11.5 Å². The molecule has 1 aromatic heterocycles. The Bertz CT molecular complexity index is 919. The fourth-order valence-corrected chi connectivity index (χ4v) is 2.31. The number of halogens is 1. The lowest BCUT2D eigenvalue weighted by Crippen LogP contribution is -2.17. The molecule has 0 atom stereocenters. The van der Waals surface area contributed by atoms with Crippen molar-refractivity contribution in [3.05, 3.63) is 71.7 Å². The molecule has 3 aromatic rings. The molecule has 0 saturated carbocycles. The molecule has 0 fully saturated rings. The molecule has 0 aliphatic carbocycles. The van der Waals surface area contributed by atoms with Gasteiger partial charge in [-0.1, -0.05) is 24.3 Å². The number of para-hydroxylation sites is 1. The maximum Gasteiger partial charge on any atom is 0.289 e. The number of nitrogens with one attached hydrogen (secondary N) is 2. The summed E-state index contributed by atoms with van der Waals surface area (Å²) >= 11 is 0. The van der Waals surface area contributed by atoms with Crippen molar-refractivity contribution in [1.82, 2.24) is 15.6 Å². The number of nitrogens with zero attached hydrogens (tertiary/aromatic N) is 2. The predicted molar refractivity (Wildman–Crippen MR) is 96.7 cm³/mol. The molecule has 0 radical (unpaired) electrons. The smallest absolute Gasteiger partial charge is 0.289 e. The van der Waals surface area contributed by atoms with Crippen LogP contribution in [0.2, 0.25) is 0 Å². The van der Waals surface area contributed by atoms with E-state index < -0.39 is 5.91 Å². The lowest BCUT2D eigenvalue weighted by Gasteiger charge is -2.07. The van der Waals surface area contributed by atoms with Gasteiger partial charge in [0.1, 0.15) is 17.3 Å². The number of hydrazone groups is 1. The minimum atomic E-state index is -0.434. The Morgan fingerprint density at radius 3 is 2.81 bits per heavy atom. The summed E-state index contributed by atoms with van der Waals surface area (Å²) in [6.45, 7) is 2.44. The van der Waals surface area contributed by atoms with E-state index in [9.17, 15) is 9.18 Å². The van der Waals surface area contributed by atoms with Crippen LogP contribution in [0.3, 0.4) is 0 Å². The number of rotatable bonds is 6. The summed E-state index contributed by atoms with van der Waals surface area (Å²) in [5, 5.41) is 10.7. The zero-order valence-electron chi connectivity index (χ0n) is 14.1. The van der Waals surface area contributed by atoms with Gasteiger partial charge < -0.3 is 4.74 Å². The summed E-state index contributed by atoms with van der Waals surface area (Å²) in [6, 6.07) is 14.9. The van der Waals surface area contributed by atoms with Crippen molar-refractivity contribution in [2.45, 2.75) is 6.92 Å². The SMILES string of the molecule is CCOc1ccccc1-c1cc(C(=O)N/N=C/c2ccc(F)cc2)[nH]n1. The van der Waals surface area contributed by atoms with E-state index >= 15 is 0 Å². The highest BCUT2D eigenvalue weighted by atomic mass is 19.1. The van der Waals surface area contributed by atoms with Crippen LogP contribution in [0.15, 0.2) is 59.7 Å². The number of carbonyl (C=O) groups is 1. The molecule has 132 valence electrons. The number of aromatic amines is 1. The number of amides is 1. The fourth-order valence-electron chi connectivity index (χ4n) is 2.31. The highest BCUT2D eigenvalue weighted by Crippen LogP contribution is 2.28. The number of benzene rings is 2. The summed E-state index contributed by atoms with van der Waals surface area (Å²) in [7, 11) is 0. The molecule has 1 amide bonds. The van der Waals surface area contributed by atoms with Crippen molar-refractivity contribution in [1.29, 1.82) is 0 Å². The molecular weight excluding hydrogens is 335 g/mol. The zero-order valence-corrected chi connectivity index (χ0v) is 14.1. The average molecular weight is 352 g/mol. The first-order valence-electron chi connectivity index (χ1n) is 8.04. The van der Waals surface area contributed by atoms with Crippen LogP contribution < -0.4 is 10.2 Å². The highest BCUT2D eigenvalue weighted by Gasteiger charge is 2.13. The molecule has 1 heterocycles. The van der Waals surface area contributed by atoms with Crippen molar-refractivity contribution in [2.24, 2.45) is 5.10 Å². The highest BCUT2D eigenvalue weighted by molar-refractivity contribution is 5.94. The zero-order chi connectivity index (χ0) is 18.4. The van der Waals surface area contributed by atoms with Crippen molar-refractivity contribution >= 4 is 12.1 Å². The summed E-state index contributed by atoms with van der Waals surface area (Å²) in [5.41, 5.74) is 4.73. The normalized spacial score (nSPS) is 10.8. The van der Waals surface area contributed by atoms with Crippen molar-refractivity contribution in [3.63, 3.8) is 0 Å². The van der Waals surface area contributed by atoms with Crippen LogP contribution in [0.5, 0.6) is 5.75 Å². The quantitative estimate of drug-likeness (QED) is 0.527. The minimum Gasteiger partial charge on any atom is -0.493 e. The van der Waals surface area contributed by atoms with Crippen LogP contribution in [-0.4, -0.2) is 28.9 Å². The Morgan fingerprint density at radius 2 is 2.04 bits per heavy atom. The summed E-state index contributed by atoms with van der Waals surface area (Å²) < 4.78 is 18.4. The molecule has 0 saturated heterocycles. The number of carbonyl (C=O) groups excluding carboxylic acids is 1. The standard InChI is InChI=1S/C19H17FN4O2/c1-2-26-18-6-4-3-5-15(18)16-11-17(23-22-16)19(25)24-21-12-13-7-9-14(20)10-8-13/h3-12H,2H2,1H3,(H,22,23)(H,24,25)/b21-12+. The first kappa shape index (κ1) is 17.3. The molecule has 2 N–H and O–H groups in total. The molecule has 2 aromatic carbocycles. The van der Waals surface area contributed by atoms with E-state index in [0.717, 1.165) is 5.56 Å². The van der Waals surface area contributed by atoms with Crippen molar-refractivity contribution < 1.29 is 13.9 Å². The van der Waals surface area contributed by atoms with Gasteiger partial charge in [0.05, 0.1) is 18.5 Å². The van der Waals surface area contributed by atoms with E-state index in [2.05, 4.69) is 20.7 Å². The summed E-state index contributed by atoms with van der Waals surface area (Å²) in [4.78, 5) is 12.2. The number of aromatic nitrogens is 2. The van der Waals surface area contributed by atoms with Gasteiger partial charge in [-0.05, 0) is 42.8 Å². The molecular formula is C19H17FN4O2. The van der Waals surface area contributed by atoms with Gasteiger partial charge in [-0.2, -0.15) is 10.2 Å². The maximum absolute atomic E-state index is 12.8. The Morgan fingerprint density at radius 1 is 1.27 bits per heavy atom. The molecule has 7 heteroatoms. The molecule has 3 rings (SSSR count). The molecule has 26 heavy (non-hydrogen) atoms. The minimum absolute atomic E-state index is 0.266. The number of hydrogen-bond donors (Lipinski definition) is 2. The molecule has 0 aliphatic heterocycles. The van der Waals surface area contributed by atoms with Gasteiger partial charge in [-0.25, -0.2) is 9.82 Å². The second-order valence-corrected chi connectivity index (χ2v) is 5.35. The Hall–Kier alpha value is -3.48. The Balaban J connectivity index is 1.69. The summed E-state index contributed by atoms with van der Waals surface area (Å²) in [6.07, 6.45) is 1.43. The first-order valence-corrected chi connectivity index (χ1v) is 8.04. The van der Waals surface area contributed by atoms with Crippen LogP contribution in [0.25, 0.3) is 11.3 Å². The van der Waals surface area contributed by atoms with Crippen LogP contribution in [0.4, 0.5) is 4.39 Å². The lowest BCUT2D eigenvalue weighted by atomic mass is 10.1. The largest absolute Gasteiger partial charge is 0.493 e. The van der Waals surface area contributed by atoms with E-state index in [1.54, 1.807) is 18.2 Å². The Labute approximate surface area is 149 Å². The van der Waals surface area contributed by atoms with E-state index in [1.165, 1.54) is 18.3 Å². The van der Waals surface area contributed by atoms with Crippen LogP contribution in [0, 0.1) is 5.82 Å². The Kier molecular flexibility index (Phi) is 5.38. The molecule has 0 aliphatic rings. The lowest BCUT2D eigenvalue weighted by molar-refractivity contribution is 0.0950. The molecule has 0 bridgehead atoms. The van der Waals surface area contributed by atoms with Gasteiger partial charge in [-0.3, -0.25) is 9.89 Å². The number of ether oxygens (including phenoxy) is 1. The van der Waals surface area contributed by atoms with E-state index in [0.29, 0.717) is 23.6 Å². The third kappa shape index (κ3) is 4.13. The van der Waals surface area contributed by atoms with Crippen molar-refractivity contribution in [2.75, 3.05) is 6.61 Å². The molecule has 0 spiro atoms. The maximum atomic E-state index is 12.8. The number of H-pyrrole nitrogens is 1. The van der Waals surface area contributed by atoms with Crippen LogP contribution in [0.1, 0.15) is 23.0 Å². The molecule has 6 nitrogen and oxygen atoms in total. The van der Waals surface area contributed by atoms with Crippen molar-refractivity contribution in [3.8, 4) is 17.0 Å². The van der Waals surface area contributed by atoms with Gasteiger partial charge >= 0.3 is 0 Å². The first-order chi connectivity index (χ1) is 12.7. The summed E-state index contributed by atoms with van der Waals surface area (Å²) in [5.74, 6) is -0.0673.